The van der Waals surface area contributed by atoms with Crippen LogP contribution in [0.15, 0.2) is 40.9 Å². The molecule has 1 aliphatic heterocycles. The first-order valence-electron chi connectivity index (χ1n) is 9.28. The maximum atomic E-state index is 12.8. The lowest BCUT2D eigenvalue weighted by molar-refractivity contribution is -0.126. The molecule has 1 aromatic rings. The van der Waals surface area contributed by atoms with E-state index in [0.29, 0.717) is 19.4 Å². The lowest BCUT2D eigenvalue weighted by Crippen LogP contribution is -2.48. The minimum absolute atomic E-state index is 0.139. The predicted octanol–water partition coefficient (Wildman–Crippen LogP) is 2.47. The van der Waals surface area contributed by atoms with Gasteiger partial charge >= 0.3 is 0 Å². The van der Waals surface area contributed by atoms with E-state index in [1.54, 1.807) is 24.3 Å². The maximum Gasteiger partial charge on any atom is 0.243 e. The Balaban J connectivity index is 1.62. The van der Waals surface area contributed by atoms with Gasteiger partial charge in [0.25, 0.3) is 0 Å². The molecule has 0 aromatic heterocycles. The molecule has 0 unspecified atom stereocenters. The number of aryl methyl sites for hydroxylation is 1. The van der Waals surface area contributed by atoms with Crippen molar-refractivity contribution in [3.05, 3.63) is 41.6 Å². The van der Waals surface area contributed by atoms with E-state index in [1.807, 2.05) is 6.92 Å². The molecule has 142 valence electrons. The van der Waals surface area contributed by atoms with E-state index in [0.717, 1.165) is 30.5 Å². The van der Waals surface area contributed by atoms with Crippen molar-refractivity contribution in [3.8, 4) is 0 Å². The Morgan fingerprint density at radius 3 is 2.62 bits per heavy atom. The van der Waals surface area contributed by atoms with Gasteiger partial charge in [-0.25, -0.2) is 8.42 Å². The highest BCUT2D eigenvalue weighted by atomic mass is 32.2. The van der Waals surface area contributed by atoms with Crippen LogP contribution in [0.1, 0.15) is 44.1 Å². The van der Waals surface area contributed by atoms with Gasteiger partial charge in [0.1, 0.15) is 0 Å². The van der Waals surface area contributed by atoms with Gasteiger partial charge < -0.3 is 5.43 Å². The largest absolute Gasteiger partial charge is 0.303 e. The molecule has 1 aliphatic carbocycles. The van der Waals surface area contributed by atoms with Gasteiger partial charge in [-0.3, -0.25) is 10.2 Å². The number of allylic oxidation sites excluding steroid dienone is 2. The second-order valence-corrected chi connectivity index (χ2v) is 9.04. The fourth-order valence-corrected chi connectivity index (χ4v) is 4.95. The Morgan fingerprint density at radius 1 is 1.15 bits per heavy atom. The second kappa shape index (κ2) is 8.22. The second-order valence-electron chi connectivity index (χ2n) is 7.10. The number of nitrogens with zero attached hydrogens (tertiary/aromatic N) is 1. The third-order valence-corrected chi connectivity index (χ3v) is 6.93. The van der Waals surface area contributed by atoms with Gasteiger partial charge in [-0.2, -0.15) is 4.31 Å². The Kier molecular flexibility index (Phi) is 5.98. The monoisotopic (exact) mass is 377 g/mol. The number of carbonyl (C=O) groups is 1. The molecule has 0 spiro atoms. The van der Waals surface area contributed by atoms with E-state index in [9.17, 15) is 13.2 Å². The number of hydrogen-bond donors (Lipinski definition) is 2. The average molecular weight is 378 g/mol. The first kappa shape index (κ1) is 18.9. The Morgan fingerprint density at radius 2 is 1.92 bits per heavy atom. The number of sulfonamides is 1. The highest BCUT2D eigenvalue weighted by Crippen LogP contribution is 2.24. The summed E-state index contributed by atoms with van der Waals surface area (Å²) in [7, 11) is -3.56. The molecular weight excluding hydrogens is 350 g/mol. The van der Waals surface area contributed by atoms with Crippen LogP contribution < -0.4 is 10.9 Å². The summed E-state index contributed by atoms with van der Waals surface area (Å²) in [5, 5.41) is 0. The summed E-state index contributed by atoms with van der Waals surface area (Å²) in [6.07, 6.45) is 7.79. The number of hydrazine groups is 1. The fourth-order valence-electron chi connectivity index (χ4n) is 3.43. The van der Waals surface area contributed by atoms with Crippen LogP contribution in [-0.2, 0) is 14.8 Å². The van der Waals surface area contributed by atoms with Crippen molar-refractivity contribution in [1.82, 2.24) is 15.2 Å². The van der Waals surface area contributed by atoms with Gasteiger partial charge in [0.05, 0.1) is 10.8 Å². The number of rotatable bonds is 5. The summed E-state index contributed by atoms with van der Waals surface area (Å²) in [5.41, 5.74) is 7.83. The third kappa shape index (κ3) is 4.45. The van der Waals surface area contributed by atoms with Crippen molar-refractivity contribution in [2.24, 2.45) is 5.92 Å². The van der Waals surface area contributed by atoms with Crippen LogP contribution in [0.4, 0.5) is 0 Å². The van der Waals surface area contributed by atoms with E-state index < -0.39 is 10.0 Å². The molecule has 7 heteroatoms. The zero-order valence-corrected chi connectivity index (χ0v) is 16.0. The summed E-state index contributed by atoms with van der Waals surface area (Å²) in [6.45, 7) is 2.60. The molecule has 1 heterocycles. The molecule has 0 bridgehead atoms. The van der Waals surface area contributed by atoms with Crippen molar-refractivity contribution >= 4 is 15.9 Å². The van der Waals surface area contributed by atoms with Crippen LogP contribution in [0, 0.1) is 12.8 Å². The Hall–Kier alpha value is -1.86. The zero-order valence-electron chi connectivity index (χ0n) is 15.2. The summed E-state index contributed by atoms with van der Waals surface area (Å²) in [5.74, 6) is -0.471. The normalized spacial score (nSPS) is 21.7. The average Bonchev–Trinajstić information content (AvgIpc) is 2.67. The Labute approximate surface area is 155 Å². The Bertz CT molecular complexity index is 772. The lowest BCUT2D eigenvalue weighted by Gasteiger charge is -2.31. The quantitative estimate of drug-likeness (QED) is 0.773. The number of nitrogens with one attached hydrogen (secondary N) is 2. The predicted molar refractivity (Wildman–Crippen MR) is 100 cm³/mol. The van der Waals surface area contributed by atoms with Crippen LogP contribution in [0.2, 0.25) is 0 Å². The number of carbonyl (C=O) groups excluding carboxylic acids is 1. The zero-order chi connectivity index (χ0) is 18.6. The molecule has 2 aliphatic rings. The molecule has 0 radical (unpaired) electrons. The van der Waals surface area contributed by atoms with Crippen LogP contribution in [0.3, 0.4) is 0 Å². The molecule has 2 N–H and O–H groups in total. The SMILES string of the molecule is Cc1ccc(S(=O)(=O)N2CCC[C@@H](C(=O)NNC3=CCCCC3)C2)cc1. The van der Waals surface area contributed by atoms with Gasteiger partial charge in [0, 0.05) is 18.8 Å². The van der Waals surface area contributed by atoms with Gasteiger partial charge in [0.2, 0.25) is 15.9 Å². The highest BCUT2D eigenvalue weighted by Gasteiger charge is 2.33. The van der Waals surface area contributed by atoms with E-state index >= 15 is 0 Å². The lowest BCUT2D eigenvalue weighted by atomic mass is 9.99. The fraction of sp³-hybridized carbons (Fsp3) is 0.526. The highest BCUT2D eigenvalue weighted by molar-refractivity contribution is 7.89. The van der Waals surface area contributed by atoms with E-state index in [4.69, 9.17) is 0 Å². The van der Waals surface area contributed by atoms with E-state index in [-0.39, 0.29) is 23.3 Å². The molecular formula is C19H27N3O3S. The minimum atomic E-state index is -3.56. The van der Waals surface area contributed by atoms with Crippen molar-refractivity contribution in [2.75, 3.05) is 13.1 Å². The summed E-state index contributed by atoms with van der Waals surface area (Å²) in [4.78, 5) is 12.8. The molecule has 26 heavy (non-hydrogen) atoms. The number of amides is 1. The topological polar surface area (TPSA) is 78.5 Å². The van der Waals surface area contributed by atoms with Gasteiger partial charge in [0.15, 0.2) is 0 Å². The summed E-state index contributed by atoms with van der Waals surface area (Å²) >= 11 is 0. The minimum Gasteiger partial charge on any atom is -0.303 e. The van der Waals surface area contributed by atoms with E-state index in [1.165, 1.54) is 10.7 Å². The summed E-state index contributed by atoms with van der Waals surface area (Å²) in [6, 6.07) is 6.85. The molecule has 1 saturated heterocycles. The van der Waals surface area contributed by atoms with Crippen LogP contribution in [-0.4, -0.2) is 31.7 Å². The molecule has 1 fully saturated rings. The number of hydrogen-bond acceptors (Lipinski definition) is 4. The standard InChI is InChI=1S/C19H27N3O3S/c1-15-9-11-18(12-10-15)26(24,25)22-13-5-6-16(14-22)19(23)21-20-17-7-3-2-4-8-17/h7,9-12,16,20H,2-6,8,13-14H2,1H3,(H,21,23)/t16-/m1/s1. The van der Waals surface area contributed by atoms with Crippen LogP contribution in [0.5, 0.6) is 0 Å². The van der Waals surface area contributed by atoms with Crippen molar-refractivity contribution in [2.45, 2.75) is 50.3 Å². The van der Waals surface area contributed by atoms with Crippen molar-refractivity contribution in [1.29, 1.82) is 0 Å². The molecule has 1 atom stereocenters. The molecule has 0 saturated carbocycles. The van der Waals surface area contributed by atoms with Crippen molar-refractivity contribution in [3.63, 3.8) is 0 Å². The van der Waals surface area contributed by atoms with Gasteiger partial charge in [-0.15, -0.1) is 0 Å². The molecule has 3 rings (SSSR count). The molecule has 1 aromatic carbocycles. The van der Waals surface area contributed by atoms with Crippen molar-refractivity contribution < 1.29 is 13.2 Å². The first-order valence-corrected chi connectivity index (χ1v) is 10.7. The molecule has 1 amide bonds. The van der Waals surface area contributed by atoms with Gasteiger partial charge in [-0.1, -0.05) is 23.8 Å². The number of piperidine rings is 1. The van der Waals surface area contributed by atoms with Crippen LogP contribution >= 0.6 is 0 Å². The van der Waals surface area contributed by atoms with Gasteiger partial charge in [-0.05, 0) is 57.6 Å². The number of benzene rings is 1. The van der Waals surface area contributed by atoms with E-state index in [2.05, 4.69) is 16.9 Å². The molecule has 6 nitrogen and oxygen atoms in total. The first-order chi connectivity index (χ1) is 12.5. The van der Waals surface area contributed by atoms with Crippen LogP contribution in [0.25, 0.3) is 0 Å². The maximum absolute atomic E-state index is 12.8. The summed E-state index contributed by atoms with van der Waals surface area (Å²) < 4.78 is 27.1. The third-order valence-electron chi connectivity index (χ3n) is 5.05. The smallest absolute Gasteiger partial charge is 0.243 e.